The third-order valence-corrected chi connectivity index (χ3v) is 4.73. The number of benzene rings is 1. The minimum Gasteiger partial charge on any atom is -0.342 e. The van der Waals surface area contributed by atoms with Gasteiger partial charge in [0, 0.05) is 19.0 Å². The molecular formula is C17H23NO. The van der Waals surface area contributed by atoms with Gasteiger partial charge < -0.3 is 4.90 Å². The van der Waals surface area contributed by atoms with Gasteiger partial charge in [-0.15, -0.1) is 0 Å². The molecule has 0 N–H and O–H groups in total. The highest BCUT2D eigenvalue weighted by atomic mass is 16.2. The van der Waals surface area contributed by atoms with Gasteiger partial charge in [-0.05, 0) is 43.1 Å². The van der Waals surface area contributed by atoms with Gasteiger partial charge in [0.15, 0.2) is 0 Å². The highest BCUT2D eigenvalue weighted by molar-refractivity contribution is 5.81. The van der Waals surface area contributed by atoms with Crippen LogP contribution >= 0.6 is 0 Å². The topological polar surface area (TPSA) is 20.3 Å². The second-order valence-electron chi connectivity index (χ2n) is 6.45. The van der Waals surface area contributed by atoms with Gasteiger partial charge in [-0.25, -0.2) is 0 Å². The fourth-order valence-corrected chi connectivity index (χ4v) is 3.16. The molecular weight excluding hydrogens is 234 g/mol. The van der Waals surface area contributed by atoms with Crippen LogP contribution in [0, 0.1) is 11.3 Å². The Labute approximate surface area is 115 Å². The van der Waals surface area contributed by atoms with E-state index < -0.39 is 0 Å². The summed E-state index contributed by atoms with van der Waals surface area (Å²) in [5, 5.41) is 0. The zero-order valence-corrected chi connectivity index (χ0v) is 11.9. The molecule has 2 unspecified atom stereocenters. The lowest BCUT2D eigenvalue weighted by atomic mass is 10.00. The molecule has 0 radical (unpaired) electrons. The summed E-state index contributed by atoms with van der Waals surface area (Å²) in [7, 11) is 0. The third-order valence-electron chi connectivity index (χ3n) is 4.73. The first kappa shape index (κ1) is 12.7. The smallest absolute Gasteiger partial charge is 0.225 e. The van der Waals surface area contributed by atoms with Gasteiger partial charge in [0.1, 0.15) is 0 Å². The zero-order valence-electron chi connectivity index (χ0n) is 11.9. The summed E-state index contributed by atoms with van der Waals surface area (Å²) >= 11 is 0. The van der Waals surface area contributed by atoms with Crippen LogP contribution in [0.5, 0.6) is 0 Å². The van der Waals surface area contributed by atoms with E-state index in [9.17, 15) is 4.79 Å². The summed E-state index contributed by atoms with van der Waals surface area (Å²) in [5.41, 5.74) is 1.72. The molecule has 0 bridgehead atoms. The van der Waals surface area contributed by atoms with Crippen molar-refractivity contribution in [3.05, 3.63) is 35.9 Å². The number of hydrogen-bond donors (Lipinski definition) is 0. The number of amides is 1. The fourth-order valence-electron chi connectivity index (χ4n) is 3.16. The lowest BCUT2D eigenvalue weighted by molar-refractivity contribution is -0.133. The molecule has 2 saturated carbocycles. The molecule has 1 aromatic rings. The molecule has 2 aliphatic rings. The first-order valence-corrected chi connectivity index (χ1v) is 7.48. The summed E-state index contributed by atoms with van der Waals surface area (Å²) < 4.78 is 0. The minimum atomic E-state index is 0.294. The van der Waals surface area contributed by atoms with Crippen molar-refractivity contribution in [3.63, 3.8) is 0 Å². The van der Waals surface area contributed by atoms with Gasteiger partial charge in [-0.2, -0.15) is 0 Å². The van der Waals surface area contributed by atoms with Gasteiger partial charge in [0.2, 0.25) is 5.91 Å². The van der Waals surface area contributed by atoms with Crippen LogP contribution in [-0.2, 0) is 4.79 Å². The Balaban J connectivity index is 1.65. The highest BCUT2D eigenvalue weighted by Gasteiger charge is 2.52. The molecule has 1 amide bonds. The van der Waals surface area contributed by atoms with Crippen molar-refractivity contribution in [1.29, 1.82) is 0 Å². The van der Waals surface area contributed by atoms with Crippen molar-refractivity contribution in [2.45, 2.75) is 39.0 Å². The SMILES string of the molecule is CCN(CC1(C)CC1c1ccccc1)C(=O)C1CC1. The lowest BCUT2D eigenvalue weighted by Crippen LogP contribution is -2.36. The van der Waals surface area contributed by atoms with Crippen LogP contribution in [0.2, 0.25) is 0 Å². The summed E-state index contributed by atoms with van der Waals surface area (Å²) in [6.07, 6.45) is 3.42. The minimum absolute atomic E-state index is 0.294. The molecule has 2 heteroatoms. The third kappa shape index (κ3) is 2.54. The Morgan fingerprint density at radius 3 is 2.58 bits per heavy atom. The van der Waals surface area contributed by atoms with Crippen molar-refractivity contribution in [3.8, 4) is 0 Å². The van der Waals surface area contributed by atoms with E-state index in [2.05, 4.69) is 49.1 Å². The summed E-state index contributed by atoms with van der Waals surface area (Å²) in [5.74, 6) is 1.37. The largest absolute Gasteiger partial charge is 0.342 e. The quantitative estimate of drug-likeness (QED) is 0.791. The molecule has 2 nitrogen and oxygen atoms in total. The highest BCUT2D eigenvalue weighted by Crippen LogP contribution is 2.59. The van der Waals surface area contributed by atoms with E-state index in [-0.39, 0.29) is 0 Å². The van der Waals surface area contributed by atoms with E-state index in [1.165, 1.54) is 12.0 Å². The van der Waals surface area contributed by atoms with Crippen LogP contribution in [0.25, 0.3) is 0 Å². The number of rotatable bonds is 5. The maximum absolute atomic E-state index is 12.2. The van der Waals surface area contributed by atoms with E-state index in [0.29, 0.717) is 23.2 Å². The van der Waals surface area contributed by atoms with Crippen LogP contribution in [0.3, 0.4) is 0 Å². The lowest BCUT2D eigenvalue weighted by Gasteiger charge is -2.25. The Morgan fingerprint density at radius 2 is 2.00 bits per heavy atom. The molecule has 3 rings (SSSR count). The van der Waals surface area contributed by atoms with Crippen LogP contribution in [0.15, 0.2) is 30.3 Å². The standard InChI is InChI=1S/C17H23NO/c1-3-18(16(19)14-9-10-14)12-17(2)11-15(17)13-7-5-4-6-8-13/h4-8,14-15H,3,9-12H2,1-2H3. The van der Waals surface area contributed by atoms with Gasteiger partial charge in [-0.1, -0.05) is 37.3 Å². The molecule has 1 aromatic carbocycles. The number of carbonyl (C=O) groups excluding carboxylic acids is 1. The number of carbonyl (C=O) groups is 1. The van der Waals surface area contributed by atoms with Gasteiger partial charge in [0.05, 0.1) is 0 Å². The van der Waals surface area contributed by atoms with E-state index in [4.69, 9.17) is 0 Å². The van der Waals surface area contributed by atoms with Crippen molar-refractivity contribution in [1.82, 2.24) is 4.90 Å². The second kappa shape index (κ2) is 4.66. The summed E-state index contributed by atoms with van der Waals surface area (Å²) in [4.78, 5) is 14.3. The Bertz CT molecular complexity index is 465. The monoisotopic (exact) mass is 257 g/mol. The second-order valence-corrected chi connectivity index (χ2v) is 6.45. The Morgan fingerprint density at radius 1 is 1.32 bits per heavy atom. The predicted octanol–water partition coefficient (Wildman–Crippen LogP) is 3.44. The molecule has 0 saturated heterocycles. The molecule has 2 fully saturated rings. The number of hydrogen-bond acceptors (Lipinski definition) is 1. The van der Waals surface area contributed by atoms with E-state index in [1.54, 1.807) is 0 Å². The molecule has 102 valence electrons. The van der Waals surface area contributed by atoms with Crippen LogP contribution in [-0.4, -0.2) is 23.9 Å². The molecule has 0 spiro atoms. The van der Waals surface area contributed by atoms with E-state index >= 15 is 0 Å². The Kier molecular flexibility index (Phi) is 3.12. The normalized spacial score (nSPS) is 29.1. The molecule has 0 aliphatic heterocycles. The molecule has 19 heavy (non-hydrogen) atoms. The average molecular weight is 257 g/mol. The van der Waals surface area contributed by atoms with Crippen LogP contribution < -0.4 is 0 Å². The van der Waals surface area contributed by atoms with Gasteiger partial charge in [0.25, 0.3) is 0 Å². The molecule has 2 aliphatic carbocycles. The maximum Gasteiger partial charge on any atom is 0.225 e. The zero-order chi connectivity index (χ0) is 13.5. The van der Waals surface area contributed by atoms with Crippen molar-refractivity contribution in [2.75, 3.05) is 13.1 Å². The summed E-state index contributed by atoms with van der Waals surface area (Å²) in [6, 6.07) is 10.7. The van der Waals surface area contributed by atoms with Crippen molar-refractivity contribution < 1.29 is 4.79 Å². The molecule has 0 aromatic heterocycles. The van der Waals surface area contributed by atoms with E-state index in [1.807, 2.05) is 0 Å². The predicted molar refractivity (Wildman–Crippen MR) is 76.9 cm³/mol. The van der Waals surface area contributed by atoms with E-state index in [0.717, 1.165) is 25.9 Å². The van der Waals surface area contributed by atoms with Gasteiger partial charge >= 0.3 is 0 Å². The van der Waals surface area contributed by atoms with Gasteiger partial charge in [-0.3, -0.25) is 4.79 Å². The maximum atomic E-state index is 12.2. The molecule has 2 atom stereocenters. The first-order valence-electron chi connectivity index (χ1n) is 7.48. The van der Waals surface area contributed by atoms with Crippen molar-refractivity contribution in [2.24, 2.45) is 11.3 Å². The number of nitrogens with zero attached hydrogens (tertiary/aromatic N) is 1. The van der Waals surface area contributed by atoms with Crippen LogP contribution in [0.1, 0.15) is 44.6 Å². The summed E-state index contributed by atoms with van der Waals surface area (Å²) in [6.45, 7) is 6.21. The average Bonchev–Trinajstić information content (AvgIpc) is 3.32. The van der Waals surface area contributed by atoms with Crippen molar-refractivity contribution >= 4 is 5.91 Å². The Hall–Kier alpha value is -1.31. The first-order chi connectivity index (χ1) is 9.14. The fraction of sp³-hybridized carbons (Fsp3) is 0.588. The van der Waals surface area contributed by atoms with Crippen LogP contribution in [0.4, 0.5) is 0 Å². The molecule has 0 heterocycles.